The predicted molar refractivity (Wildman–Crippen MR) is 144 cm³/mol. The van der Waals surface area contributed by atoms with Gasteiger partial charge >= 0.3 is 0 Å². The lowest BCUT2D eigenvalue weighted by molar-refractivity contribution is -0.384. The van der Waals surface area contributed by atoms with Crippen LogP contribution in [0.15, 0.2) is 72.9 Å². The maximum atomic E-state index is 12.0. The highest BCUT2D eigenvalue weighted by Gasteiger charge is 2.43. The lowest BCUT2D eigenvalue weighted by Crippen LogP contribution is -2.29. The molecule has 0 amide bonds. The van der Waals surface area contributed by atoms with E-state index in [1.807, 2.05) is 59.7 Å². The fraction of sp³-hybridized carbons (Fsp3) is 0.185. The van der Waals surface area contributed by atoms with Crippen molar-refractivity contribution >= 4 is 28.7 Å². The molecule has 1 aliphatic rings. The Morgan fingerprint density at radius 1 is 1.08 bits per heavy atom. The number of methoxy groups -OCH3 is 1. The largest absolute Gasteiger partial charge is 0.506 e. The van der Waals surface area contributed by atoms with Crippen LogP contribution in [0.5, 0.6) is 11.5 Å². The van der Waals surface area contributed by atoms with E-state index in [0.717, 1.165) is 22.6 Å². The van der Waals surface area contributed by atoms with Crippen molar-refractivity contribution in [1.29, 1.82) is 0 Å². The molecule has 0 spiro atoms. The highest BCUT2D eigenvalue weighted by molar-refractivity contribution is 7.80. The molecule has 0 aliphatic carbocycles. The van der Waals surface area contributed by atoms with E-state index < -0.39 is 4.92 Å². The maximum absolute atomic E-state index is 12.0. The third-order valence-corrected chi connectivity index (χ3v) is 6.96. The first-order valence-electron chi connectivity index (χ1n) is 11.6. The molecule has 5 rings (SSSR count). The van der Waals surface area contributed by atoms with Gasteiger partial charge in [0.15, 0.2) is 5.11 Å². The second-order valence-electron chi connectivity index (χ2n) is 8.76. The summed E-state index contributed by atoms with van der Waals surface area (Å²) in [6.45, 7) is 3.83. The van der Waals surface area contributed by atoms with E-state index in [1.54, 1.807) is 30.5 Å². The van der Waals surface area contributed by atoms with Gasteiger partial charge in [-0.15, -0.1) is 0 Å². The Labute approximate surface area is 219 Å². The number of nitrogens with zero attached hydrogens (tertiary/aromatic N) is 4. The van der Waals surface area contributed by atoms with E-state index >= 15 is 0 Å². The van der Waals surface area contributed by atoms with E-state index in [0.29, 0.717) is 22.2 Å². The molecule has 1 fully saturated rings. The van der Waals surface area contributed by atoms with Crippen LogP contribution in [0.25, 0.3) is 5.69 Å². The number of ether oxygens (including phenoxy) is 1. The molecular weight excluding hydrogens is 490 g/mol. The minimum atomic E-state index is -0.409. The summed E-state index contributed by atoms with van der Waals surface area (Å²) in [6.07, 6.45) is 1.73. The zero-order valence-corrected chi connectivity index (χ0v) is 21.3. The first kappa shape index (κ1) is 24.3. The Morgan fingerprint density at radius 2 is 1.84 bits per heavy atom. The molecule has 188 valence electrons. The number of hydrogen-bond donors (Lipinski definition) is 2. The van der Waals surface area contributed by atoms with Crippen molar-refractivity contribution in [3.8, 4) is 17.2 Å². The summed E-state index contributed by atoms with van der Waals surface area (Å²) in [5.74, 6) is 0.502. The smallest absolute Gasteiger partial charge is 0.296 e. The number of aromatic nitrogens is 2. The topological polar surface area (TPSA) is 106 Å². The minimum absolute atomic E-state index is 0.0633. The number of para-hydroxylation sites is 2. The van der Waals surface area contributed by atoms with Crippen LogP contribution in [0.4, 0.5) is 11.4 Å². The first-order valence-corrected chi connectivity index (χ1v) is 12.0. The molecule has 37 heavy (non-hydrogen) atoms. The summed E-state index contributed by atoms with van der Waals surface area (Å²) in [5.41, 5.74) is 4.24. The van der Waals surface area contributed by atoms with Crippen LogP contribution in [-0.4, -0.2) is 31.8 Å². The minimum Gasteiger partial charge on any atom is -0.506 e. The quantitative estimate of drug-likeness (QED) is 0.203. The Hall–Kier alpha value is -4.44. The van der Waals surface area contributed by atoms with Crippen LogP contribution in [0, 0.1) is 24.0 Å². The number of nitro groups is 1. The Morgan fingerprint density at radius 3 is 2.51 bits per heavy atom. The zero-order valence-electron chi connectivity index (χ0n) is 20.5. The number of hydrogen-bond acceptors (Lipinski definition) is 6. The van der Waals surface area contributed by atoms with Crippen LogP contribution in [-0.2, 0) is 0 Å². The second-order valence-corrected chi connectivity index (χ2v) is 9.15. The molecule has 2 aromatic heterocycles. The van der Waals surface area contributed by atoms with Gasteiger partial charge in [-0.1, -0.05) is 18.2 Å². The van der Waals surface area contributed by atoms with Gasteiger partial charge in [-0.05, 0) is 74.1 Å². The van der Waals surface area contributed by atoms with Gasteiger partial charge < -0.3 is 24.6 Å². The summed E-state index contributed by atoms with van der Waals surface area (Å²) >= 11 is 5.76. The van der Waals surface area contributed by atoms with Gasteiger partial charge in [0.05, 0.1) is 41.6 Å². The normalized spacial score (nSPS) is 17.1. The lowest BCUT2D eigenvalue weighted by Gasteiger charge is -2.28. The molecule has 0 radical (unpaired) electrons. The molecule has 4 aromatic rings. The summed E-state index contributed by atoms with van der Waals surface area (Å²) in [7, 11) is 1.48. The highest BCUT2D eigenvalue weighted by atomic mass is 32.1. The first-order chi connectivity index (χ1) is 17.8. The number of aromatic hydroxyl groups is 1. The maximum Gasteiger partial charge on any atom is 0.296 e. The van der Waals surface area contributed by atoms with E-state index in [2.05, 4.69) is 10.3 Å². The lowest BCUT2D eigenvalue weighted by atomic mass is 9.96. The van der Waals surface area contributed by atoms with E-state index in [-0.39, 0.29) is 23.5 Å². The molecule has 1 aliphatic heterocycles. The van der Waals surface area contributed by atoms with Crippen molar-refractivity contribution in [2.75, 3.05) is 12.0 Å². The van der Waals surface area contributed by atoms with Gasteiger partial charge in [0, 0.05) is 17.6 Å². The Kier molecular flexibility index (Phi) is 6.26. The van der Waals surface area contributed by atoms with Crippen LogP contribution < -0.4 is 15.0 Å². The molecule has 0 saturated carbocycles. The van der Waals surface area contributed by atoms with Gasteiger partial charge in [-0.3, -0.25) is 15.1 Å². The van der Waals surface area contributed by atoms with Crippen LogP contribution in [0.1, 0.15) is 34.7 Å². The number of benzene rings is 2. The van der Waals surface area contributed by atoms with E-state index in [9.17, 15) is 15.2 Å². The molecular formula is C27H25N5O4S. The third kappa shape index (κ3) is 4.15. The van der Waals surface area contributed by atoms with Crippen molar-refractivity contribution in [3.05, 3.63) is 106 Å². The molecule has 2 aromatic carbocycles. The molecule has 0 unspecified atom stereocenters. The highest BCUT2D eigenvalue weighted by Crippen LogP contribution is 2.46. The Balaban J connectivity index is 1.72. The summed E-state index contributed by atoms with van der Waals surface area (Å²) in [5, 5.41) is 26.5. The molecule has 0 bridgehead atoms. The fourth-order valence-electron chi connectivity index (χ4n) is 5.02. The van der Waals surface area contributed by atoms with Gasteiger partial charge in [0.2, 0.25) is 0 Å². The zero-order chi connectivity index (χ0) is 26.3. The standard InChI is InChI=1S/C27H25N5O4S/c1-16-14-19(17(2)30(16)21-12-11-18(36-3)15-23(21)32(34)35)26-25(20-8-6-7-13-28-20)29-27(37)31(26)22-9-4-5-10-24(22)33/h4-15,25-26,33H,1-3H3,(H,29,37)/t25-,26+/m1/s1. The number of pyridine rings is 1. The number of phenols is 1. The van der Waals surface area contributed by atoms with Crippen LogP contribution in [0.3, 0.4) is 0 Å². The predicted octanol–water partition coefficient (Wildman–Crippen LogP) is 5.29. The number of thiocarbonyl (C=S) groups is 1. The van der Waals surface area contributed by atoms with Gasteiger partial charge in [-0.2, -0.15) is 0 Å². The van der Waals surface area contributed by atoms with Gasteiger partial charge in [0.25, 0.3) is 5.69 Å². The monoisotopic (exact) mass is 515 g/mol. The van der Waals surface area contributed by atoms with Gasteiger partial charge in [0.1, 0.15) is 17.2 Å². The molecule has 10 heteroatoms. The summed E-state index contributed by atoms with van der Waals surface area (Å²) in [4.78, 5) is 18.0. The summed E-state index contributed by atoms with van der Waals surface area (Å²) < 4.78 is 7.09. The second kappa shape index (κ2) is 9.55. The average molecular weight is 516 g/mol. The van der Waals surface area contributed by atoms with E-state index in [4.69, 9.17) is 17.0 Å². The molecule has 2 N–H and O–H groups in total. The van der Waals surface area contributed by atoms with Crippen molar-refractivity contribution in [3.63, 3.8) is 0 Å². The SMILES string of the molecule is COc1ccc(-n2c(C)cc([C@H]3[C@@H](c4ccccn4)NC(=S)N3c3ccccc3O)c2C)c([N+](=O)[O-])c1. The van der Waals surface area contributed by atoms with Crippen molar-refractivity contribution < 1.29 is 14.8 Å². The molecule has 3 heterocycles. The fourth-order valence-corrected chi connectivity index (χ4v) is 5.36. The third-order valence-electron chi connectivity index (χ3n) is 6.65. The summed E-state index contributed by atoms with van der Waals surface area (Å²) in [6, 6.07) is 18.8. The molecule has 2 atom stereocenters. The molecule has 1 saturated heterocycles. The van der Waals surface area contributed by atoms with Crippen molar-refractivity contribution in [1.82, 2.24) is 14.9 Å². The van der Waals surface area contributed by atoms with Crippen LogP contribution >= 0.6 is 12.2 Å². The van der Waals surface area contributed by atoms with Crippen molar-refractivity contribution in [2.45, 2.75) is 25.9 Å². The number of nitrogens with one attached hydrogen (secondary N) is 1. The number of rotatable bonds is 6. The average Bonchev–Trinajstić information content (AvgIpc) is 3.39. The van der Waals surface area contributed by atoms with Gasteiger partial charge in [-0.25, -0.2) is 0 Å². The number of nitro benzene ring substituents is 1. The number of aryl methyl sites for hydroxylation is 1. The van der Waals surface area contributed by atoms with Crippen molar-refractivity contribution in [2.24, 2.45) is 0 Å². The van der Waals surface area contributed by atoms with E-state index in [1.165, 1.54) is 13.2 Å². The number of anilines is 1. The van der Waals surface area contributed by atoms with Crippen LogP contribution in [0.2, 0.25) is 0 Å². The molecule has 9 nitrogen and oxygen atoms in total. The number of phenolic OH excluding ortho intramolecular Hbond substituents is 1. The Bertz CT molecular complexity index is 1500.